The second-order valence-corrected chi connectivity index (χ2v) is 5.15. The minimum Gasteiger partial charge on any atom is -0.321 e. The second kappa shape index (κ2) is 5.48. The number of pyridine rings is 2. The van der Waals surface area contributed by atoms with E-state index < -0.39 is 0 Å². The molecule has 2 rings (SSSR count). The van der Waals surface area contributed by atoms with Crippen molar-refractivity contribution in [2.75, 3.05) is 5.43 Å². The van der Waals surface area contributed by atoms with Gasteiger partial charge < -0.3 is 5.43 Å². The summed E-state index contributed by atoms with van der Waals surface area (Å²) in [6, 6.07) is 6.52. The molecule has 18 heavy (non-hydrogen) atoms. The molecule has 0 fully saturated rings. The Morgan fingerprint density at radius 1 is 1.44 bits per heavy atom. The van der Waals surface area contributed by atoms with E-state index in [0.717, 1.165) is 28.5 Å². The van der Waals surface area contributed by atoms with Crippen molar-refractivity contribution in [2.45, 2.75) is 39.7 Å². The highest BCUT2D eigenvalue weighted by Gasteiger charge is 2.07. The van der Waals surface area contributed by atoms with Gasteiger partial charge in [0.05, 0.1) is 0 Å². The molecule has 0 aromatic carbocycles. The number of fused-ring (bicyclic) bond motifs is 1. The molecule has 0 bridgehead atoms. The summed E-state index contributed by atoms with van der Waals surface area (Å²) in [5.41, 5.74) is 5.47. The Labute approximate surface area is 113 Å². The minimum absolute atomic E-state index is 0.318. The molecule has 2 heterocycles. The minimum atomic E-state index is 0.318. The number of hydrogen-bond donors (Lipinski definition) is 1. The van der Waals surface area contributed by atoms with Crippen LogP contribution in [0.25, 0.3) is 11.0 Å². The summed E-state index contributed by atoms with van der Waals surface area (Å²) in [5.74, 6) is 0. The van der Waals surface area contributed by atoms with Gasteiger partial charge in [0.25, 0.3) is 0 Å². The fraction of sp³-hybridized carbons (Fsp3) is 0.429. The Morgan fingerprint density at radius 3 is 2.89 bits per heavy atom. The van der Waals surface area contributed by atoms with Crippen LogP contribution in [0.5, 0.6) is 0 Å². The van der Waals surface area contributed by atoms with Crippen molar-refractivity contribution in [3.8, 4) is 0 Å². The molecule has 1 N–H and O–H groups in total. The number of nitrogens with one attached hydrogen (secondary N) is 1. The molecule has 3 nitrogen and oxygen atoms in total. The van der Waals surface area contributed by atoms with E-state index in [9.17, 15) is 0 Å². The SMILES string of the molecule is CCCc1cc2cccnc2n(NC(C)C)c1=S. The van der Waals surface area contributed by atoms with E-state index in [4.69, 9.17) is 12.2 Å². The number of aromatic nitrogens is 2. The topological polar surface area (TPSA) is 29.9 Å². The van der Waals surface area contributed by atoms with Crippen LogP contribution in [-0.4, -0.2) is 15.7 Å². The summed E-state index contributed by atoms with van der Waals surface area (Å²) in [4.78, 5) is 4.43. The zero-order chi connectivity index (χ0) is 13.1. The molecule has 0 radical (unpaired) electrons. The van der Waals surface area contributed by atoms with Crippen molar-refractivity contribution in [3.05, 3.63) is 34.6 Å². The van der Waals surface area contributed by atoms with Crippen LogP contribution in [0.1, 0.15) is 32.8 Å². The number of rotatable bonds is 4. The molecule has 0 amide bonds. The fourth-order valence-corrected chi connectivity index (χ4v) is 2.32. The Bertz CT molecular complexity index is 602. The predicted molar refractivity (Wildman–Crippen MR) is 79.1 cm³/mol. The van der Waals surface area contributed by atoms with Gasteiger partial charge in [-0.25, -0.2) is 9.66 Å². The largest absolute Gasteiger partial charge is 0.321 e. The maximum absolute atomic E-state index is 5.56. The first kappa shape index (κ1) is 13.0. The predicted octanol–water partition coefficient (Wildman–Crippen LogP) is 3.67. The first-order valence-electron chi connectivity index (χ1n) is 6.39. The highest BCUT2D eigenvalue weighted by Crippen LogP contribution is 2.16. The lowest BCUT2D eigenvalue weighted by Gasteiger charge is -2.17. The number of hydrogen-bond acceptors (Lipinski definition) is 3. The van der Waals surface area contributed by atoms with Crippen LogP contribution in [0.15, 0.2) is 24.4 Å². The average molecular weight is 261 g/mol. The maximum atomic E-state index is 5.56. The zero-order valence-corrected chi connectivity index (χ0v) is 11.9. The van der Waals surface area contributed by atoms with Crippen LogP contribution in [-0.2, 0) is 6.42 Å². The molecule has 0 atom stereocenters. The maximum Gasteiger partial charge on any atom is 0.159 e. The van der Waals surface area contributed by atoms with E-state index in [-0.39, 0.29) is 0 Å². The summed E-state index contributed by atoms with van der Waals surface area (Å²) in [6.45, 7) is 6.37. The molecule has 0 unspecified atom stereocenters. The molecule has 4 heteroatoms. The molecule has 0 saturated carbocycles. The lowest BCUT2D eigenvalue weighted by Crippen LogP contribution is -2.24. The molecule has 2 aromatic rings. The third kappa shape index (κ3) is 2.53. The summed E-state index contributed by atoms with van der Waals surface area (Å²) < 4.78 is 2.79. The molecule has 0 saturated heterocycles. The summed E-state index contributed by atoms with van der Waals surface area (Å²) in [6.07, 6.45) is 3.90. The van der Waals surface area contributed by atoms with E-state index in [0.29, 0.717) is 6.04 Å². The van der Waals surface area contributed by atoms with E-state index in [2.05, 4.69) is 43.3 Å². The number of nitrogens with zero attached hydrogens (tertiary/aromatic N) is 2. The molecular formula is C14H19N3S. The average Bonchev–Trinajstić information content (AvgIpc) is 2.34. The standard InChI is InChI=1S/C14H19N3S/c1-4-6-12-9-11-7-5-8-15-13(11)17(14(12)18)16-10(2)3/h5,7-10,16H,4,6H2,1-3H3. The third-order valence-corrected chi connectivity index (χ3v) is 3.19. The fourth-order valence-electron chi connectivity index (χ4n) is 2.02. The van der Waals surface area contributed by atoms with Gasteiger partial charge in [-0.05, 0) is 44.0 Å². The second-order valence-electron chi connectivity index (χ2n) is 4.76. The van der Waals surface area contributed by atoms with Gasteiger partial charge in [0.15, 0.2) is 5.65 Å². The molecule has 0 aliphatic rings. The van der Waals surface area contributed by atoms with Gasteiger partial charge in [0.2, 0.25) is 0 Å². The monoisotopic (exact) mass is 261 g/mol. The Morgan fingerprint density at radius 2 is 2.22 bits per heavy atom. The molecule has 0 aliphatic heterocycles. The van der Waals surface area contributed by atoms with Gasteiger partial charge in [0.1, 0.15) is 4.64 Å². The van der Waals surface area contributed by atoms with Gasteiger partial charge in [-0.2, -0.15) is 0 Å². The van der Waals surface area contributed by atoms with Gasteiger partial charge in [0, 0.05) is 17.6 Å². The highest BCUT2D eigenvalue weighted by atomic mass is 32.1. The van der Waals surface area contributed by atoms with Gasteiger partial charge in [-0.3, -0.25) is 0 Å². The van der Waals surface area contributed by atoms with Crippen molar-refractivity contribution >= 4 is 23.3 Å². The van der Waals surface area contributed by atoms with Crippen LogP contribution in [0.3, 0.4) is 0 Å². The summed E-state index contributed by atoms with van der Waals surface area (Å²) in [5, 5.41) is 1.13. The lowest BCUT2D eigenvalue weighted by molar-refractivity contribution is 0.731. The molecule has 2 aromatic heterocycles. The third-order valence-electron chi connectivity index (χ3n) is 2.74. The summed E-state index contributed by atoms with van der Waals surface area (Å²) in [7, 11) is 0. The quantitative estimate of drug-likeness (QED) is 0.852. The van der Waals surface area contributed by atoms with Crippen LogP contribution >= 0.6 is 12.2 Å². The Kier molecular flexibility index (Phi) is 3.97. The van der Waals surface area contributed by atoms with Crippen LogP contribution in [0.2, 0.25) is 0 Å². The van der Waals surface area contributed by atoms with Crippen molar-refractivity contribution in [2.24, 2.45) is 0 Å². The van der Waals surface area contributed by atoms with Gasteiger partial charge in [-0.1, -0.05) is 25.6 Å². The lowest BCUT2D eigenvalue weighted by atomic mass is 10.1. The van der Waals surface area contributed by atoms with Crippen molar-refractivity contribution in [1.82, 2.24) is 9.66 Å². The van der Waals surface area contributed by atoms with Crippen molar-refractivity contribution in [3.63, 3.8) is 0 Å². The van der Waals surface area contributed by atoms with E-state index in [1.165, 1.54) is 5.56 Å². The van der Waals surface area contributed by atoms with E-state index in [1.807, 2.05) is 10.7 Å². The van der Waals surface area contributed by atoms with E-state index >= 15 is 0 Å². The molecule has 0 spiro atoms. The normalized spacial score (nSPS) is 11.1. The Hall–Kier alpha value is -1.42. The van der Waals surface area contributed by atoms with Crippen molar-refractivity contribution < 1.29 is 0 Å². The van der Waals surface area contributed by atoms with E-state index in [1.54, 1.807) is 6.20 Å². The Balaban J connectivity index is 2.69. The van der Waals surface area contributed by atoms with Crippen LogP contribution in [0, 0.1) is 4.64 Å². The zero-order valence-electron chi connectivity index (χ0n) is 11.1. The van der Waals surface area contributed by atoms with Gasteiger partial charge >= 0.3 is 0 Å². The van der Waals surface area contributed by atoms with Gasteiger partial charge in [-0.15, -0.1) is 0 Å². The summed E-state index contributed by atoms with van der Waals surface area (Å²) >= 11 is 5.56. The first-order valence-corrected chi connectivity index (χ1v) is 6.80. The molecular weight excluding hydrogens is 242 g/mol. The first-order chi connectivity index (χ1) is 8.63. The molecule has 96 valence electrons. The number of aryl methyl sites for hydroxylation is 1. The highest BCUT2D eigenvalue weighted by molar-refractivity contribution is 7.71. The van der Waals surface area contributed by atoms with Crippen LogP contribution < -0.4 is 5.43 Å². The smallest absolute Gasteiger partial charge is 0.159 e. The van der Waals surface area contributed by atoms with Crippen LogP contribution in [0.4, 0.5) is 0 Å². The van der Waals surface area contributed by atoms with Crippen molar-refractivity contribution in [1.29, 1.82) is 0 Å². The molecule has 0 aliphatic carbocycles.